The van der Waals surface area contributed by atoms with Crippen LogP contribution >= 0.6 is 15.9 Å². The molecule has 0 aliphatic carbocycles. The van der Waals surface area contributed by atoms with E-state index in [1.165, 1.54) is 6.21 Å². The molecule has 4 aromatic rings. The maximum atomic E-state index is 12.6. The van der Waals surface area contributed by atoms with Crippen LogP contribution in [0.1, 0.15) is 37.4 Å². The normalized spacial score (nSPS) is 10.7. The molecule has 0 unspecified atom stereocenters. The second-order valence-corrected chi connectivity index (χ2v) is 8.85. The Balaban J connectivity index is 1.37. The fourth-order valence-electron chi connectivity index (χ4n) is 3.31. The number of ether oxygens (including phenoxy) is 2. The molecule has 0 fully saturated rings. The van der Waals surface area contributed by atoms with E-state index < -0.39 is 5.97 Å². The van der Waals surface area contributed by atoms with Crippen LogP contribution in [0.3, 0.4) is 0 Å². The van der Waals surface area contributed by atoms with Gasteiger partial charge in [-0.3, -0.25) is 4.79 Å². The van der Waals surface area contributed by atoms with Crippen LogP contribution in [0.5, 0.6) is 11.5 Å². The SMILES string of the molecule is Cc1cccc(C(=O)Oc2ccc(Br)cc2/C=N/NC(=O)c2ccc(OCc3ccccc3)cc2)c1. The lowest BCUT2D eigenvalue weighted by Gasteiger charge is -2.09. The molecular formula is C29H23BrN2O4. The van der Waals surface area contributed by atoms with E-state index in [0.29, 0.717) is 34.8 Å². The van der Waals surface area contributed by atoms with Crippen molar-refractivity contribution in [3.63, 3.8) is 0 Å². The van der Waals surface area contributed by atoms with Crippen molar-refractivity contribution in [2.75, 3.05) is 0 Å². The minimum atomic E-state index is -0.478. The number of aryl methyl sites for hydroxylation is 1. The first-order chi connectivity index (χ1) is 17.5. The van der Waals surface area contributed by atoms with E-state index in [-0.39, 0.29) is 5.91 Å². The van der Waals surface area contributed by atoms with Gasteiger partial charge in [-0.05, 0) is 67.1 Å². The Kier molecular flexibility index (Phi) is 8.26. The fraction of sp³-hybridized carbons (Fsp3) is 0.0690. The number of rotatable bonds is 8. The van der Waals surface area contributed by atoms with Crippen molar-refractivity contribution in [2.24, 2.45) is 5.10 Å². The Bertz CT molecular complexity index is 1390. The van der Waals surface area contributed by atoms with Crippen LogP contribution in [0.2, 0.25) is 0 Å². The summed E-state index contributed by atoms with van der Waals surface area (Å²) in [5.74, 6) is 0.124. The Morgan fingerprint density at radius 3 is 2.42 bits per heavy atom. The molecule has 0 aliphatic rings. The predicted octanol–water partition coefficient (Wildman–Crippen LogP) is 6.32. The maximum absolute atomic E-state index is 12.6. The highest BCUT2D eigenvalue weighted by Crippen LogP contribution is 2.23. The molecule has 0 saturated heterocycles. The van der Waals surface area contributed by atoms with E-state index in [2.05, 4.69) is 26.5 Å². The van der Waals surface area contributed by atoms with E-state index in [1.54, 1.807) is 60.7 Å². The molecule has 180 valence electrons. The largest absolute Gasteiger partial charge is 0.489 e. The van der Waals surface area contributed by atoms with Crippen molar-refractivity contribution >= 4 is 34.0 Å². The predicted molar refractivity (Wildman–Crippen MR) is 143 cm³/mol. The molecule has 0 aromatic heterocycles. The summed E-state index contributed by atoms with van der Waals surface area (Å²) in [6.07, 6.45) is 1.43. The maximum Gasteiger partial charge on any atom is 0.343 e. The van der Waals surface area contributed by atoms with Gasteiger partial charge in [0, 0.05) is 15.6 Å². The second-order valence-electron chi connectivity index (χ2n) is 7.94. The van der Waals surface area contributed by atoms with Gasteiger partial charge >= 0.3 is 5.97 Å². The van der Waals surface area contributed by atoms with Gasteiger partial charge in [-0.15, -0.1) is 0 Å². The number of hydrogen-bond donors (Lipinski definition) is 1. The summed E-state index contributed by atoms with van der Waals surface area (Å²) in [7, 11) is 0. The van der Waals surface area contributed by atoms with Crippen LogP contribution in [-0.4, -0.2) is 18.1 Å². The van der Waals surface area contributed by atoms with Crippen LogP contribution < -0.4 is 14.9 Å². The number of amides is 1. The van der Waals surface area contributed by atoms with Gasteiger partial charge in [0.15, 0.2) is 0 Å². The van der Waals surface area contributed by atoms with Crippen LogP contribution in [0.15, 0.2) is 107 Å². The quantitative estimate of drug-likeness (QED) is 0.122. The van der Waals surface area contributed by atoms with E-state index in [9.17, 15) is 9.59 Å². The first-order valence-corrected chi connectivity index (χ1v) is 12.0. The van der Waals surface area contributed by atoms with Gasteiger partial charge < -0.3 is 9.47 Å². The monoisotopic (exact) mass is 542 g/mol. The smallest absolute Gasteiger partial charge is 0.343 e. The summed E-state index contributed by atoms with van der Waals surface area (Å²) in [6, 6.07) is 29.0. The highest BCUT2D eigenvalue weighted by atomic mass is 79.9. The molecule has 6 nitrogen and oxygen atoms in total. The summed E-state index contributed by atoms with van der Waals surface area (Å²) in [4.78, 5) is 25.1. The van der Waals surface area contributed by atoms with Crippen molar-refractivity contribution in [1.29, 1.82) is 0 Å². The van der Waals surface area contributed by atoms with Gasteiger partial charge in [0.1, 0.15) is 18.1 Å². The van der Waals surface area contributed by atoms with E-state index in [0.717, 1.165) is 15.6 Å². The number of nitrogens with one attached hydrogen (secondary N) is 1. The molecule has 1 amide bonds. The Morgan fingerprint density at radius 1 is 0.889 bits per heavy atom. The fourth-order valence-corrected chi connectivity index (χ4v) is 3.69. The topological polar surface area (TPSA) is 77.0 Å². The van der Waals surface area contributed by atoms with Crippen molar-refractivity contribution in [3.05, 3.63) is 129 Å². The number of carbonyl (C=O) groups is 2. The van der Waals surface area contributed by atoms with Gasteiger partial charge in [-0.2, -0.15) is 5.10 Å². The molecule has 36 heavy (non-hydrogen) atoms. The summed E-state index contributed by atoms with van der Waals surface area (Å²) in [5.41, 5.74) is 5.92. The highest BCUT2D eigenvalue weighted by Gasteiger charge is 2.12. The molecule has 0 bridgehead atoms. The molecule has 4 aromatic carbocycles. The summed E-state index contributed by atoms with van der Waals surface area (Å²) in [6.45, 7) is 2.35. The molecule has 0 heterocycles. The van der Waals surface area contributed by atoms with Gasteiger partial charge in [-0.25, -0.2) is 10.2 Å². The Labute approximate surface area is 217 Å². The third-order valence-corrected chi connectivity index (χ3v) is 5.66. The average Bonchev–Trinajstić information content (AvgIpc) is 2.89. The molecule has 4 rings (SSSR count). The number of esters is 1. The zero-order valence-corrected chi connectivity index (χ0v) is 21.1. The van der Waals surface area contributed by atoms with Crippen LogP contribution in [-0.2, 0) is 6.61 Å². The first-order valence-electron chi connectivity index (χ1n) is 11.2. The highest BCUT2D eigenvalue weighted by molar-refractivity contribution is 9.10. The lowest BCUT2D eigenvalue weighted by Crippen LogP contribution is -2.17. The molecule has 0 spiro atoms. The zero-order chi connectivity index (χ0) is 25.3. The summed E-state index contributed by atoms with van der Waals surface area (Å²) < 4.78 is 12.1. The molecular weight excluding hydrogens is 520 g/mol. The minimum Gasteiger partial charge on any atom is -0.489 e. The van der Waals surface area contributed by atoms with E-state index >= 15 is 0 Å². The number of nitrogens with zero attached hydrogens (tertiary/aromatic N) is 1. The van der Waals surface area contributed by atoms with Crippen LogP contribution in [0.25, 0.3) is 0 Å². The first kappa shape index (κ1) is 24.9. The summed E-state index contributed by atoms with van der Waals surface area (Å²) >= 11 is 3.41. The van der Waals surface area contributed by atoms with Gasteiger partial charge in [0.05, 0.1) is 11.8 Å². The van der Waals surface area contributed by atoms with Gasteiger partial charge in [-0.1, -0.05) is 64.0 Å². The van der Waals surface area contributed by atoms with Crippen molar-refractivity contribution in [3.8, 4) is 11.5 Å². The third kappa shape index (κ3) is 6.90. The molecule has 7 heteroatoms. The van der Waals surface area contributed by atoms with Gasteiger partial charge in [0.2, 0.25) is 0 Å². The number of hydrazone groups is 1. The molecule has 1 N–H and O–H groups in total. The van der Waals surface area contributed by atoms with Crippen molar-refractivity contribution in [2.45, 2.75) is 13.5 Å². The lowest BCUT2D eigenvalue weighted by molar-refractivity contribution is 0.0734. The Hall–Kier alpha value is -4.23. The lowest BCUT2D eigenvalue weighted by atomic mass is 10.1. The number of halogens is 1. The molecule has 0 saturated carbocycles. The molecule has 0 atom stereocenters. The van der Waals surface area contributed by atoms with Crippen LogP contribution in [0, 0.1) is 6.92 Å². The summed E-state index contributed by atoms with van der Waals surface area (Å²) in [5, 5.41) is 4.04. The standard InChI is InChI=1S/C29H23BrN2O4/c1-20-6-5-9-23(16-20)29(34)36-27-15-12-25(30)17-24(27)18-31-32-28(33)22-10-13-26(14-11-22)35-19-21-7-3-2-4-8-21/h2-18H,19H2,1H3,(H,32,33)/b31-18+. The van der Waals surface area contributed by atoms with Crippen LogP contribution in [0.4, 0.5) is 0 Å². The number of hydrogen-bond acceptors (Lipinski definition) is 5. The van der Waals surface area contributed by atoms with Crippen molar-refractivity contribution in [1.82, 2.24) is 5.43 Å². The molecule has 0 radical (unpaired) electrons. The Morgan fingerprint density at radius 2 is 1.67 bits per heavy atom. The van der Waals surface area contributed by atoms with Crippen molar-refractivity contribution < 1.29 is 19.1 Å². The number of benzene rings is 4. The van der Waals surface area contributed by atoms with E-state index in [4.69, 9.17) is 9.47 Å². The number of carbonyl (C=O) groups excluding carboxylic acids is 2. The second kappa shape index (κ2) is 12.0. The average molecular weight is 543 g/mol. The minimum absolute atomic E-state index is 0.322. The molecule has 0 aliphatic heterocycles. The van der Waals surface area contributed by atoms with Gasteiger partial charge in [0.25, 0.3) is 5.91 Å². The third-order valence-electron chi connectivity index (χ3n) is 5.16. The van der Waals surface area contributed by atoms with E-state index in [1.807, 2.05) is 43.3 Å². The zero-order valence-electron chi connectivity index (χ0n) is 19.5.